The SMILES string of the molecule is CC[C@H]1OC(=O)[C@H](C)[C@@H](OC2C[C@](C)(OC)[C@H](O)C(C)O2)[C@H](C)[C@@H](OC2OC(C)C[C@@H](N(C)C)[C@H]2O)[C@](C)(O)C[C@@H](C)CN(CCCNC(=O)[C@@]2(OC)CCC3C4CCC5=CC(=O)CC[C@]5(C)C4[C@@H](O)C[C@@]32C)[C@H](C)[C@@H](O)[C@]1(C)O. The zero-order chi connectivity index (χ0) is 59.4. The maximum Gasteiger partial charge on any atom is 0.311 e. The number of fused-ring (bicyclic) bond motifs is 5. The van der Waals surface area contributed by atoms with E-state index in [4.69, 9.17) is 33.2 Å². The molecule has 7 N–H and O–H groups in total. The molecular formula is C61H105N3O16. The van der Waals surface area contributed by atoms with Gasteiger partial charge in [0.15, 0.2) is 24.0 Å². The highest BCUT2D eigenvalue weighted by atomic mass is 16.7. The van der Waals surface area contributed by atoms with Crippen LogP contribution in [0, 0.1) is 46.3 Å². The van der Waals surface area contributed by atoms with Crippen LogP contribution >= 0.6 is 0 Å². The van der Waals surface area contributed by atoms with Gasteiger partial charge in [-0.3, -0.25) is 19.3 Å². The Morgan fingerprint density at radius 2 is 1.56 bits per heavy atom. The first-order chi connectivity index (χ1) is 37.3. The van der Waals surface area contributed by atoms with Crippen LogP contribution in [0.1, 0.15) is 160 Å². The van der Waals surface area contributed by atoms with Gasteiger partial charge in [-0.15, -0.1) is 0 Å². The molecule has 0 aromatic rings. The lowest BCUT2D eigenvalue weighted by Crippen LogP contribution is -2.64. The molecule has 7 unspecified atom stereocenters. The molecule has 0 aromatic carbocycles. The fourth-order valence-corrected chi connectivity index (χ4v) is 17.0. The van der Waals surface area contributed by atoms with Gasteiger partial charge in [-0.2, -0.15) is 0 Å². The normalized spacial score (nSPS) is 49.1. The predicted molar refractivity (Wildman–Crippen MR) is 299 cm³/mol. The Kier molecular flexibility index (Phi) is 20.4. The monoisotopic (exact) mass is 1140 g/mol. The number of amides is 1. The second-order valence-corrected chi connectivity index (χ2v) is 27.5. The number of esters is 1. The molecule has 0 radical (unpaired) electrons. The van der Waals surface area contributed by atoms with E-state index in [0.29, 0.717) is 45.2 Å². The van der Waals surface area contributed by atoms with Crippen molar-refractivity contribution in [1.29, 1.82) is 0 Å². The van der Waals surface area contributed by atoms with Gasteiger partial charge in [-0.1, -0.05) is 40.2 Å². The highest BCUT2D eigenvalue weighted by Crippen LogP contribution is 2.68. The van der Waals surface area contributed by atoms with E-state index in [1.165, 1.54) is 14.0 Å². The van der Waals surface area contributed by atoms with Crippen molar-refractivity contribution in [2.45, 2.75) is 262 Å². The summed E-state index contributed by atoms with van der Waals surface area (Å²) in [7, 11) is 6.85. The molecule has 19 nitrogen and oxygen atoms in total. The van der Waals surface area contributed by atoms with Crippen LogP contribution < -0.4 is 5.32 Å². The summed E-state index contributed by atoms with van der Waals surface area (Å²) in [4.78, 5) is 46.0. The van der Waals surface area contributed by atoms with E-state index in [1.807, 2.05) is 57.7 Å². The number of rotatable bonds is 13. The summed E-state index contributed by atoms with van der Waals surface area (Å²) in [6, 6.07) is -1.07. The first-order valence-electron chi connectivity index (χ1n) is 30.3. The maximum absolute atomic E-state index is 14.8. The van der Waals surface area contributed by atoms with E-state index in [0.717, 1.165) is 31.3 Å². The summed E-state index contributed by atoms with van der Waals surface area (Å²) in [5.41, 5.74) is -5.67. The number of nitrogens with one attached hydrogen (secondary N) is 1. The van der Waals surface area contributed by atoms with Crippen LogP contribution in [-0.4, -0.2) is 208 Å². The Labute approximate surface area is 477 Å². The predicted octanol–water partition coefficient (Wildman–Crippen LogP) is 4.67. The van der Waals surface area contributed by atoms with Crippen molar-refractivity contribution in [3.05, 3.63) is 11.6 Å². The molecule has 80 heavy (non-hydrogen) atoms. The van der Waals surface area contributed by atoms with Crippen LogP contribution in [0.2, 0.25) is 0 Å². The highest BCUT2D eigenvalue weighted by molar-refractivity contribution is 5.91. The summed E-state index contributed by atoms with van der Waals surface area (Å²) in [5.74, 6) is -2.73. The van der Waals surface area contributed by atoms with Crippen LogP contribution in [0.5, 0.6) is 0 Å². The first kappa shape index (κ1) is 65.3. The van der Waals surface area contributed by atoms with Crippen LogP contribution in [0.15, 0.2) is 11.6 Å². The summed E-state index contributed by atoms with van der Waals surface area (Å²) in [6.07, 6.45) is -3.19. The number of cyclic esters (lactones) is 1. The standard InChI is InChI=1S/C61H105N3O16/c1-17-45-60(12,73)50(68)37(6)64(26-18-25-62-55(71)61(75-16)24-22-42-41-20-19-39-28-40(65)21-23-56(39,8)47(41)44(66)30-57(42,61)9)32-33(2)29-58(10,72)52(80-54-48(67)43(63(13)14)27-34(3)76-54)35(4)49(36(5)53(70)78-45)79-46-31-59(11,74-15)51(69)38(7)77-46/h28,33-38,41-52,54,66-69,72-73H,17-27,29-32H2,1-16H3,(H,62,71)/t33-,34?,35+,36-,37-,38?,41?,42?,43-,44+,45-,46?,47?,48-,49+,50-,51-,52-,54?,56+,57+,58-,59+,60-,61+/m1/s1. The Morgan fingerprint density at radius 3 is 2.20 bits per heavy atom. The molecule has 3 saturated heterocycles. The topological polar surface area (TPSA) is 256 Å². The summed E-state index contributed by atoms with van der Waals surface area (Å²) in [5, 5.41) is 76.2. The van der Waals surface area contributed by atoms with E-state index < -0.39 is 113 Å². The number of ketones is 1. The molecule has 6 fully saturated rings. The number of allylic oxidation sites excluding steroid dienone is 1. The van der Waals surface area contributed by atoms with Gasteiger partial charge in [0.05, 0.1) is 47.6 Å². The molecule has 460 valence electrons. The fraction of sp³-hybridized carbons (Fsp3) is 0.918. The maximum atomic E-state index is 14.8. The molecule has 4 aliphatic carbocycles. The largest absolute Gasteiger partial charge is 0.459 e. The van der Waals surface area contributed by atoms with Gasteiger partial charge in [0.25, 0.3) is 5.91 Å². The molecule has 3 heterocycles. The van der Waals surface area contributed by atoms with E-state index >= 15 is 0 Å². The van der Waals surface area contributed by atoms with Crippen molar-refractivity contribution in [2.24, 2.45) is 46.3 Å². The lowest BCUT2D eigenvalue weighted by molar-refractivity contribution is -0.318. The minimum Gasteiger partial charge on any atom is -0.459 e. The van der Waals surface area contributed by atoms with Gasteiger partial charge in [0.1, 0.15) is 30.0 Å². The Bertz CT molecular complexity index is 2180. The Hall–Kier alpha value is -2.21. The number of nitrogens with zero attached hydrogens (tertiary/aromatic N) is 2. The van der Waals surface area contributed by atoms with E-state index in [2.05, 4.69) is 19.2 Å². The summed E-state index contributed by atoms with van der Waals surface area (Å²) in [6.45, 7) is 22.8. The van der Waals surface area contributed by atoms with Crippen molar-refractivity contribution in [2.75, 3.05) is 47.9 Å². The lowest BCUT2D eigenvalue weighted by atomic mass is 9.45. The van der Waals surface area contributed by atoms with Crippen LogP contribution in [0.3, 0.4) is 0 Å². The molecule has 0 bridgehead atoms. The van der Waals surface area contributed by atoms with Gasteiger partial charge in [-0.25, -0.2) is 0 Å². The third-order valence-electron chi connectivity index (χ3n) is 21.7. The smallest absolute Gasteiger partial charge is 0.311 e. The number of ether oxygens (including phenoxy) is 7. The van der Waals surface area contributed by atoms with E-state index in [1.54, 1.807) is 41.7 Å². The number of methoxy groups -OCH3 is 2. The first-order valence-corrected chi connectivity index (χ1v) is 30.3. The molecule has 3 saturated carbocycles. The van der Waals surface area contributed by atoms with Crippen LogP contribution in [-0.2, 0) is 47.5 Å². The molecule has 7 rings (SSSR count). The van der Waals surface area contributed by atoms with Gasteiger partial charge < -0.3 is 74.0 Å². The van der Waals surface area contributed by atoms with Crippen LogP contribution in [0.25, 0.3) is 0 Å². The quantitative estimate of drug-likeness (QED) is 0.0978. The number of hydrogen-bond donors (Lipinski definition) is 7. The number of likely N-dealkylation sites (N-methyl/N-ethyl adjacent to an activating group) is 1. The molecule has 19 heteroatoms. The third-order valence-corrected chi connectivity index (χ3v) is 21.7. The summed E-state index contributed by atoms with van der Waals surface area (Å²) >= 11 is 0. The number of carbonyl (C=O) groups excluding carboxylic acids is 3. The van der Waals surface area contributed by atoms with Gasteiger partial charge >= 0.3 is 5.97 Å². The highest BCUT2D eigenvalue weighted by Gasteiger charge is 2.69. The molecule has 3 aliphatic heterocycles. The average molecular weight is 1140 g/mol. The zero-order valence-electron chi connectivity index (χ0n) is 51.3. The second-order valence-electron chi connectivity index (χ2n) is 27.5. The number of aliphatic hydroxyl groups excluding tert-OH is 4. The van der Waals surface area contributed by atoms with Gasteiger partial charge in [0, 0.05) is 70.1 Å². The molecule has 7 aliphatic rings. The summed E-state index contributed by atoms with van der Waals surface area (Å²) < 4.78 is 44.8. The Balaban J connectivity index is 1.15. The molecule has 1 amide bonds. The third kappa shape index (κ3) is 12.3. The van der Waals surface area contributed by atoms with Crippen molar-refractivity contribution in [3.8, 4) is 0 Å². The van der Waals surface area contributed by atoms with Crippen molar-refractivity contribution < 1.29 is 78.2 Å². The number of hydrogen-bond acceptors (Lipinski definition) is 18. The minimum atomic E-state index is -1.96. The van der Waals surface area contributed by atoms with Crippen molar-refractivity contribution in [3.63, 3.8) is 0 Å². The van der Waals surface area contributed by atoms with Crippen LogP contribution in [0.4, 0.5) is 0 Å². The Morgan fingerprint density at radius 1 is 0.875 bits per heavy atom. The zero-order valence-corrected chi connectivity index (χ0v) is 51.3. The lowest BCUT2D eigenvalue weighted by Gasteiger charge is -2.60. The van der Waals surface area contributed by atoms with E-state index in [-0.39, 0.29) is 78.7 Å². The molecule has 0 aromatic heterocycles. The average Bonchev–Trinajstić information content (AvgIpc) is 3.35. The molecular weight excluding hydrogens is 1030 g/mol. The number of aliphatic hydroxyl groups is 6. The van der Waals surface area contributed by atoms with Crippen molar-refractivity contribution >= 4 is 17.7 Å². The van der Waals surface area contributed by atoms with Gasteiger partial charge in [-0.05, 0) is 162 Å². The van der Waals surface area contributed by atoms with E-state index in [9.17, 15) is 45.0 Å². The minimum absolute atomic E-state index is 0.00300. The molecule has 0 spiro atoms. The number of carbonyl (C=O) groups is 3. The fourth-order valence-electron chi connectivity index (χ4n) is 17.0. The second kappa shape index (κ2) is 25.0. The molecule has 25 atom stereocenters. The van der Waals surface area contributed by atoms with Crippen molar-refractivity contribution in [1.82, 2.24) is 15.1 Å². The van der Waals surface area contributed by atoms with Gasteiger partial charge in [0.2, 0.25) is 0 Å².